The van der Waals surface area contributed by atoms with Crippen molar-refractivity contribution in [3.05, 3.63) is 48.5 Å². The van der Waals surface area contributed by atoms with Crippen molar-refractivity contribution in [2.24, 2.45) is 0 Å². The van der Waals surface area contributed by atoms with Gasteiger partial charge in [-0.25, -0.2) is 0 Å². The van der Waals surface area contributed by atoms with E-state index in [9.17, 15) is 0 Å². The second-order valence-electron chi connectivity index (χ2n) is 3.90. The number of hydrogen-bond acceptors (Lipinski definition) is 5. The van der Waals surface area contributed by atoms with E-state index in [0.717, 1.165) is 21.0 Å². The first-order chi connectivity index (χ1) is 9.33. The van der Waals surface area contributed by atoms with Crippen LogP contribution in [0.15, 0.2) is 58.3 Å². The predicted octanol–water partition coefficient (Wildman–Crippen LogP) is 2.60. The Hall–Kier alpha value is -2.34. The fraction of sp³-hybridized carbons (Fsp3) is 0. The lowest BCUT2D eigenvalue weighted by Gasteiger charge is -2.06. The van der Waals surface area contributed by atoms with Gasteiger partial charge in [0.25, 0.3) is 0 Å². The molecule has 3 N–H and O–H groups in total. The molecule has 5 nitrogen and oxygen atoms in total. The van der Waals surface area contributed by atoms with Gasteiger partial charge in [-0.1, -0.05) is 23.9 Å². The fourth-order valence-electron chi connectivity index (χ4n) is 1.68. The molecular weight excluding hydrogens is 258 g/mol. The molecule has 0 radical (unpaired) electrons. The predicted molar refractivity (Wildman–Crippen MR) is 74.6 cm³/mol. The van der Waals surface area contributed by atoms with Crippen LogP contribution in [0.4, 0.5) is 5.69 Å². The average Bonchev–Trinajstić information content (AvgIpc) is 2.96. The van der Waals surface area contributed by atoms with Crippen LogP contribution in [0.1, 0.15) is 0 Å². The van der Waals surface area contributed by atoms with Gasteiger partial charge in [-0.2, -0.15) is 5.21 Å². The minimum atomic E-state index is 0.596. The minimum absolute atomic E-state index is 0.596. The third-order valence-corrected chi connectivity index (χ3v) is 3.66. The molecule has 0 aliphatic rings. The van der Waals surface area contributed by atoms with Crippen LogP contribution in [0.25, 0.3) is 11.4 Å². The number of nitrogens with zero attached hydrogens (tertiary/aromatic N) is 3. The lowest BCUT2D eigenvalue weighted by Crippen LogP contribution is -1.86. The SMILES string of the molecule is Nc1ccc(Sc2ccccc2-c2nn[nH]n2)cc1. The molecule has 0 bridgehead atoms. The Morgan fingerprint density at radius 1 is 1.00 bits per heavy atom. The number of nitrogens with one attached hydrogen (secondary N) is 1. The van der Waals surface area contributed by atoms with Gasteiger partial charge >= 0.3 is 0 Å². The van der Waals surface area contributed by atoms with Gasteiger partial charge in [0.2, 0.25) is 5.82 Å². The molecule has 19 heavy (non-hydrogen) atoms. The molecule has 3 aromatic rings. The smallest absolute Gasteiger partial charge is 0.205 e. The van der Waals surface area contributed by atoms with Crippen LogP contribution in [0.2, 0.25) is 0 Å². The first-order valence-corrected chi connectivity index (χ1v) is 6.51. The molecule has 6 heteroatoms. The molecule has 0 saturated carbocycles. The Balaban J connectivity index is 1.95. The van der Waals surface area contributed by atoms with Gasteiger partial charge in [0.15, 0.2) is 0 Å². The van der Waals surface area contributed by atoms with E-state index in [2.05, 4.69) is 20.6 Å². The summed E-state index contributed by atoms with van der Waals surface area (Å²) >= 11 is 1.64. The number of hydrogen-bond donors (Lipinski definition) is 2. The van der Waals surface area contributed by atoms with Crippen LogP contribution in [-0.4, -0.2) is 20.6 Å². The van der Waals surface area contributed by atoms with Crippen molar-refractivity contribution in [1.29, 1.82) is 0 Å². The summed E-state index contributed by atoms with van der Waals surface area (Å²) in [6.07, 6.45) is 0. The van der Waals surface area contributed by atoms with Gasteiger partial charge in [-0.3, -0.25) is 0 Å². The number of nitrogen functional groups attached to an aromatic ring is 1. The Morgan fingerprint density at radius 2 is 1.79 bits per heavy atom. The highest BCUT2D eigenvalue weighted by Gasteiger charge is 2.09. The third kappa shape index (κ3) is 2.58. The Morgan fingerprint density at radius 3 is 2.53 bits per heavy atom. The molecule has 0 unspecified atom stereocenters. The van der Waals surface area contributed by atoms with E-state index in [1.807, 2.05) is 48.5 Å². The van der Waals surface area contributed by atoms with E-state index in [1.54, 1.807) is 11.8 Å². The van der Waals surface area contributed by atoms with E-state index in [1.165, 1.54) is 0 Å². The Labute approximate surface area is 114 Å². The molecule has 0 fully saturated rings. The van der Waals surface area contributed by atoms with Crippen LogP contribution >= 0.6 is 11.8 Å². The quantitative estimate of drug-likeness (QED) is 0.714. The second kappa shape index (κ2) is 5.11. The summed E-state index contributed by atoms with van der Waals surface area (Å²) in [5, 5.41) is 14.1. The van der Waals surface area contributed by atoms with Gasteiger partial charge in [-0.05, 0) is 41.6 Å². The first kappa shape index (κ1) is 11.7. The molecule has 1 heterocycles. The maximum Gasteiger partial charge on any atom is 0.205 e. The second-order valence-corrected chi connectivity index (χ2v) is 5.02. The molecule has 0 saturated heterocycles. The van der Waals surface area contributed by atoms with E-state index in [-0.39, 0.29) is 0 Å². The summed E-state index contributed by atoms with van der Waals surface area (Å²) in [6, 6.07) is 15.7. The monoisotopic (exact) mass is 269 g/mol. The maximum atomic E-state index is 5.69. The van der Waals surface area contributed by atoms with Crippen molar-refractivity contribution in [2.45, 2.75) is 9.79 Å². The molecule has 3 rings (SSSR count). The summed E-state index contributed by atoms with van der Waals surface area (Å²) in [7, 11) is 0. The number of tetrazole rings is 1. The zero-order chi connectivity index (χ0) is 13.1. The fourth-order valence-corrected chi connectivity index (χ4v) is 2.62. The van der Waals surface area contributed by atoms with Crippen LogP contribution in [0.5, 0.6) is 0 Å². The van der Waals surface area contributed by atoms with Crippen LogP contribution in [0.3, 0.4) is 0 Å². The number of aromatic nitrogens is 4. The number of H-pyrrole nitrogens is 1. The molecular formula is C13H11N5S. The number of nitrogens with two attached hydrogens (primary N) is 1. The van der Waals surface area contributed by atoms with Gasteiger partial charge in [0, 0.05) is 21.0 Å². The summed E-state index contributed by atoms with van der Waals surface area (Å²) in [5.41, 5.74) is 7.40. The van der Waals surface area contributed by atoms with E-state index in [0.29, 0.717) is 5.82 Å². The number of aromatic amines is 1. The topological polar surface area (TPSA) is 80.5 Å². The molecule has 0 aliphatic heterocycles. The van der Waals surface area contributed by atoms with Crippen molar-refractivity contribution in [2.75, 3.05) is 5.73 Å². The summed E-state index contributed by atoms with van der Waals surface area (Å²) in [5.74, 6) is 0.596. The van der Waals surface area contributed by atoms with Crippen LogP contribution in [-0.2, 0) is 0 Å². The van der Waals surface area contributed by atoms with Gasteiger partial charge < -0.3 is 5.73 Å². The van der Waals surface area contributed by atoms with Crippen molar-refractivity contribution in [1.82, 2.24) is 20.6 Å². The third-order valence-electron chi connectivity index (χ3n) is 2.58. The molecule has 2 aromatic carbocycles. The summed E-state index contributed by atoms with van der Waals surface area (Å²) < 4.78 is 0. The average molecular weight is 269 g/mol. The van der Waals surface area contributed by atoms with Gasteiger partial charge in [0.1, 0.15) is 0 Å². The molecule has 94 valence electrons. The highest BCUT2D eigenvalue weighted by molar-refractivity contribution is 7.99. The molecule has 0 spiro atoms. The Bertz CT molecular complexity index is 664. The van der Waals surface area contributed by atoms with E-state index < -0.39 is 0 Å². The van der Waals surface area contributed by atoms with E-state index >= 15 is 0 Å². The van der Waals surface area contributed by atoms with E-state index in [4.69, 9.17) is 5.73 Å². The lowest BCUT2D eigenvalue weighted by molar-refractivity contribution is 0.881. The molecule has 0 amide bonds. The zero-order valence-corrected chi connectivity index (χ0v) is 10.8. The van der Waals surface area contributed by atoms with Crippen molar-refractivity contribution in [3.8, 4) is 11.4 Å². The van der Waals surface area contributed by atoms with Crippen molar-refractivity contribution >= 4 is 17.4 Å². The van der Waals surface area contributed by atoms with Crippen LogP contribution in [0, 0.1) is 0 Å². The molecule has 0 aliphatic carbocycles. The first-order valence-electron chi connectivity index (χ1n) is 5.69. The van der Waals surface area contributed by atoms with Crippen LogP contribution < -0.4 is 5.73 Å². The maximum absolute atomic E-state index is 5.69. The number of anilines is 1. The van der Waals surface area contributed by atoms with Crippen molar-refractivity contribution in [3.63, 3.8) is 0 Å². The highest BCUT2D eigenvalue weighted by atomic mass is 32.2. The van der Waals surface area contributed by atoms with Gasteiger partial charge in [-0.15, -0.1) is 10.2 Å². The summed E-state index contributed by atoms with van der Waals surface area (Å²) in [6.45, 7) is 0. The number of benzene rings is 2. The normalized spacial score (nSPS) is 10.5. The number of rotatable bonds is 3. The largest absolute Gasteiger partial charge is 0.399 e. The molecule has 0 atom stereocenters. The van der Waals surface area contributed by atoms with Crippen molar-refractivity contribution < 1.29 is 0 Å². The minimum Gasteiger partial charge on any atom is -0.399 e. The lowest BCUT2D eigenvalue weighted by atomic mass is 10.2. The summed E-state index contributed by atoms with van der Waals surface area (Å²) in [4.78, 5) is 2.19. The highest BCUT2D eigenvalue weighted by Crippen LogP contribution is 2.34. The Kier molecular flexibility index (Phi) is 3.16. The zero-order valence-electron chi connectivity index (χ0n) is 9.95. The molecule has 1 aromatic heterocycles. The van der Waals surface area contributed by atoms with Gasteiger partial charge in [0.05, 0.1) is 0 Å². The standard InChI is InChI=1S/C13H11N5S/c14-9-5-7-10(8-6-9)19-12-4-2-1-3-11(12)13-15-17-18-16-13/h1-8H,14H2,(H,15,16,17,18).